The summed E-state index contributed by atoms with van der Waals surface area (Å²) >= 11 is 1.84. The molecule has 3 nitrogen and oxygen atoms in total. The molecule has 2 fully saturated rings. The highest BCUT2D eigenvalue weighted by Crippen LogP contribution is 2.47. The SMILES string of the molecule is CCNC(c1cnc(C)s1)C1CCOC2(CCC2)C1. The molecule has 2 heterocycles. The van der Waals surface area contributed by atoms with Crippen LogP contribution in [0.3, 0.4) is 0 Å². The van der Waals surface area contributed by atoms with Gasteiger partial charge >= 0.3 is 0 Å². The van der Waals surface area contributed by atoms with Crippen LogP contribution in [0.1, 0.15) is 55.0 Å². The van der Waals surface area contributed by atoms with E-state index in [1.165, 1.54) is 42.0 Å². The molecule has 4 heteroatoms. The minimum Gasteiger partial charge on any atom is -0.375 e. The fourth-order valence-electron chi connectivity index (χ4n) is 3.51. The standard InChI is InChI=1S/C15H24N2OS/c1-3-16-14(13-10-17-11(2)19-13)12-5-8-18-15(9-12)6-4-7-15/h10,12,14,16H,3-9H2,1-2H3. The van der Waals surface area contributed by atoms with Gasteiger partial charge in [0.2, 0.25) is 0 Å². The zero-order chi connectivity index (χ0) is 13.3. The second-order valence-electron chi connectivity index (χ2n) is 5.95. The third-order valence-corrected chi connectivity index (χ3v) is 5.63. The number of thiazole rings is 1. The van der Waals surface area contributed by atoms with E-state index in [0.717, 1.165) is 13.2 Å². The molecule has 2 aliphatic rings. The first-order valence-corrected chi connectivity index (χ1v) is 8.34. The van der Waals surface area contributed by atoms with E-state index in [0.29, 0.717) is 12.0 Å². The van der Waals surface area contributed by atoms with Crippen molar-refractivity contribution in [2.45, 2.75) is 57.6 Å². The Morgan fingerprint density at radius 2 is 2.42 bits per heavy atom. The molecule has 1 aromatic heterocycles. The van der Waals surface area contributed by atoms with Crippen LogP contribution in [0.15, 0.2) is 6.20 Å². The van der Waals surface area contributed by atoms with Gasteiger partial charge in [-0.2, -0.15) is 0 Å². The molecule has 19 heavy (non-hydrogen) atoms. The van der Waals surface area contributed by atoms with Crippen molar-refractivity contribution in [2.75, 3.05) is 13.2 Å². The van der Waals surface area contributed by atoms with Crippen LogP contribution in [0.25, 0.3) is 0 Å². The Morgan fingerprint density at radius 1 is 1.58 bits per heavy atom. The van der Waals surface area contributed by atoms with Gasteiger partial charge in [-0.1, -0.05) is 6.92 Å². The fourth-order valence-corrected chi connectivity index (χ4v) is 4.47. The van der Waals surface area contributed by atoms with Gasteiger partial charge in [0.25, 0.3) is 0 Å². The number of aryl methyl sites for hydroxylation is 1. The highest BCUT2D eigenvalue weighted by atomic mass is 32.1. The molecule has 0 bridgehead atoms. The summed E-state index contributed by atoms with van der Waals surface area (Å²) < 4.78 is 6.06. The van der Waals surface area contributed by atoms with Crippen LogP contribution in [0.4, 0.5) is 0 Å². The molecule has 1 spiro atoms. The summed E-state index contributed by atoms with van der Waals surface area (Å²) in [6.45, 7) is 6.24. The molecule has 2 atom stereocenters. The Bertz CT molecular complexity index is 428. The van der Waals surface area contributed by atoms with Crippen molar-refractivity contribution in [3.05, 3.63) is 16.1 Å². The smallest absolute Gasteiger partial charge is 0.0897 e. The van der Waals surface area contributed by atoms with E-state index < -0.39 is 0 Å². The van der Waals surface area contributed by atoms with Crippen molar-refractivity contribution in [1.82, 2.24) is 10.3 Å². The average molecular weight is 280 g/mol. The summed E-state index contributed by atoms with van der Waals surface area (Å²) in [5.74, 6) is 0.703. The third-order valence-electron chi connectivity index (χ3n) is 4.64. The van der Waals surface area contributed by atoms with Gasteiger partial charge in [-0.15, -0.1) is 11.3 Å². The maximum atomic E-state index is 6.06. The topological polar surface area (TPSA) is 34.2 Å². The van der Waals surface area contributed by atoms with E-state index in [1.807, 2.05) is 11.3 Å². The number of ether oxygens (including phenoxy) is 1. The second kappa shape index (κ2) is 5.51. The van der Waals surface area contributed by atoms with Crippen molar-refractivity contribution in [3.63, 3.8) is 0 Å². The molecular weight excluding hydrogens is 256 g/mol. The first-order chi connectivity index (χ1) is 9.22. The van der Waals surface area contributed by atoms with Gasteiger partial charge in [0.15, 0.2) is 0 Å². The van der Waals surface area contributed by atoms with E-state index in [9.17, 15) is 0 Å². The first-order valence-electron chi connectivity index (χ1n) is 7.52. The highest BCUT2D eigenvalue weighted by Gasteiger charge is 2.44. The van der Waals surface area contributed by atoms with Crippen molar-refractivity contribution < 1.29 is 4.74 Å². The lowest BCUT2D eigenvalue weighted by molar-refractivity contribution is -0.147. The van der Waals surface area contributed by atoms with Crippen LogP contribution >= 0.6 is 11.3 Å². The third kappa shape index (κ3) is 2.71. The van der Waals surface area contributed by atoms with E-state index in [1.54, 1.807) is 0 Å². The number of aromatic nitrogens is 1. The Hall–Kier alpha value is -0.450. The van der Waals surface area contributed by atoms with E-state index in [4.69, 9.17) is 4.74 Å². The summed E-state index contributed by atoms with van der Waals surface area (Å²) in [5.41, 5.74) is 0.232. The van der Waals surface area contributed by atoms with Crippen LogP contribution in [-0.4, -0.2) is 23.7 Å². The molecule has 0 radical (unpaired) electrons. The predicted molar refractivity (Wildman–Crippen MR) is 78.5 cm³/mol. The quantitative estimate of drug-likeness (QED) is 0.917. The minimum atomic E-state index is 0.232. The van der Waals surface area contributed by atoms with Crippen molar-refractivity contribution in [2.24, 2.45) is 5.92 Å². The molecule has 0 amide bonds. The second-order valence-corrected chi connectivity index (χ2v) is 7.22. The summed E-state index contributed by atoms with van der Waals surface area (Å²) in [4.78, 5) is 5.84. The Labute approximate surface area is 119 Å². The summed E-state index contributed by atoms with van der Waals surface area (Å²) in [7, 11) is 0. The Balaban J connectivity index is 1.75. The van der Waals surface area contributed by atoms with Gasteiger partial charge in [0.05, 0.1) is 10.6 Å². The molecular formula is C15H24N2OS. The monoisotopic (exact) mass is 280 g/mol. The molecule has 1 saturated carbocycles. The van der Waals surface area contributed by atoms with Gasteiger partial charge < -0.3 is 10.1 Å². The van der Waals surface area contributed by atoms with Crippen LogP contribution < -0.4 is 5.32 Å². The number of hydrogen-bond donors (Lipinski definition) is 1. The summed E-state index contributed by atoms with van der Waals surface area (Å²) in [6.07, 6.45) is 8.35. The summed E-state index contributed by atoms with van der Waals surface area (Å²) in [6, 6.07) is 0.470. The molecule has 2 unspecified atom stereocenters. The molecule has 0 aromatic carbocycles. The molecule has 106 valence electrons. The normalized spacial score (nSPS) is 27.2. The van der Waals surface area contributed by atoms with Gasteiger partial charge in [-0.05, 0) is 51.5 Å². The average Bonchev–Trinajstić information content (AvgIpc) is 2.80. The van der Waals surface area contributed by atoms with Crippen molar-refractivity contribution in [3.8, 4) is 0 Å². The molecule has 1 saturated heterocycles. The Kier molecular flexibility index (Phi) is 3.92. The molecule has 1 aliphatic heterocycles. The number of rotatable bonds is 4. The Morgan fingerprint density at radius 3 is 3.00 bits per heavy atom. The van der Waals surface area contributed by atoms with Crippen LogP contribution in [0, 0.1) is 12.8 Å². The van der Waals surface area contributed by atoms with Gasteiger partial charge in [-0.3, -0.25) is 0 Å². The number of hydrogen-bond acceptors (Lipinski definition) is 4. The number of nitrogens with zero attached hydrogens (tertiary/aromatic N) is 1. The lowest BCUT2D eigenvalue weighted by atomic mass is 9.70. The van der Waals surface area contributed by atoms with Crippen LogP contribution in [0.2, 0.25) is 0 Å². The van der Waals surface area contributed by atoms with E-state index in [-0.39, 0.29) is 5.60 Å². The molecule has 1 aromatic rings. The highest BCUT2D eigenvalue weighted by molar-refractivity contribution is 7.11. The van der Waals surface area contributed by atoms with Crippen molar-refractivity contribution in [1.29, 1.82) is 0 Å². The van der Waals surface area contributed by atoms with Gasteiger partial charge in [0, 0.05) is 23.7 Å². The van der Waals surface area contributed by atoms with Gasteiger partial charge in [0.1, 0.15) is 0 Å². The van der Waals surface area contributed by atoms with Gasteiger partial charge in [-0.25, -0.2) is 4.98 Å². The lowest BCUT2D eigenvalue weighted by Crippen LogP contribution is -2.47. The molecule has 1 aliphatic carbocycles. The van der Waals surface area contributed by atoms with Crippen LogP contribution in [-0.2, 0) is 4.74 Å². The first kappa shape index (κ1) is 13.5. The molecule has 3 rings (SSSR count). The zero-order valence-corrected chi connectivity index (χ0v) is 12.8. The van der Waals surface area contributed by atoms with E-state index in [2.05, 4.69) is 30.3 Å². The minimum absolute atomic E-state index is 0.232. The van der Waals surface area contributed by atoms with Crippen LogP contribution in [0.5, 0.6) is 0 Å². The number of nitrogens with one attached hydrogen (secondary N) is 1. The fraction of sp³-hybridized carbons (Fsp3) is 0.800. The van der Waals surface area contributed by atoms with Crippen molar-refractivity contribution >= 4 is 11.3 Å². The predicted octanol–water partition coefficient (Wildman–Crippen LogP) is 3.45. The largest absolute Gasteiger partial charge is 0.375 e. The maximum Gasteiger partial charge on any atom is 0.0897 e. The lowest BCUT2D eigenvalue weighted by Gasteiger charge is -2.48. The summed E-state index contributed by atoms with van der Waals surface area (Å²) in [5, 5.41) is 4.85. The van der Waals surface area contributed by atoms with E-state index >= 15 is 0 Å². The zero-order valence-electron chi connectivity index (χ0n) is 11.9. The maximum absolute atomic E-state index is 6.06. The molecule has 1 N–H and O–H groups in total.